The van der Waals surface area contributed by atoms with Gasteiger partial charge in [0.1, 0.15) is 12.4 Å². The highest BCUT2D eigenvalue weighted by Gasteiger charge is 2.04. The number of aliphatic carboxylic acids is 1. The number of carbonyl (C=O) groups is 1. The quantitative estimate of drug-likeness (QED) is 0.574. The number of aryl methyl sites for hydroxylation is 1. The summed E-state index contributed by atoms with van der Waals surface area (Å²) >= 11 is 0. The molecule has 0 aromatic carbocycles. The molecule has 0 fully saturated rings. The lowest BCUT2D eigenvalue weighted by molar-refractivity contribution is -0.137. The van der Waals surface area contributed by atoms with Crippen molar-refractivity contribution in [3.05, 3.63) is 16.3 Å². The van der Waals surface area contributed by atoms with Gasteiger partial charge in [-0.3, -0.25) is 9.78 Å². The van der Waals surface area contributed by atoms with Crippen LogP contribution in [0, 0.1) is 6.92 Å². The van der Waals surface area contributed by atoms with E-state index in [4.69, 9.17) is 5.11 Å². The Kier molecular flexibility index (Phi) is 1.75. The first-order valence-electron chi connectivity index (χ1n) is 2.95. The molecule has 0 unspecified atom stereocenters. The van der Waals surface area contributed by atoms with Gasteiger partial charge in [-0.05, 0) is 6.92 Å². The van der Waals surface area contributed by atoms with Crippen LogP contribution in [0.15, 0.2) is 4.79 Å². The van der Waals surface area contributed by atoms with Crippen LogP contribution in [-0.4, -0.2) is 25.8 Å². The van der Waals surface area contributed by atoms with E-state index in [1.807, 2.05) is 0 Å². The third-order valence-corrected chi connectivity index (χ3v) is 1.08. The molecular formula is C5H7N3O3. The minimum absolute atomic E-state index is 0.400. The van der Waals surface area contributed by atoms with E-state index in [9.17, 15) is 9.59 Å². The third kappa shape index (κ3) is 1.66. The number of nitrogens with one attached hydrogen (secondary N) is 1. The van der Waals surface area contributed by atoms with Gasteiger partial charge >= 0.3 is 11.7 Å². The van der Waals surface area contributed by atoms with Gasteiger partial charge in [0.15, 0.2) is 0 Å². The third-order valence-electron chi connectivity index (χ3n) is 1.08. The highest BCUT2D eigenvalue weighted by atomic mass is 16.4. The molecule has 0 saturated carbocycles. The van der Waals surface area contributed by atoms with Crippen LogP contribution >= 0.6 is 0 Å². The molecule has 0 bridgehead atoms. The number of rotatable bonds is 2. The van der Waals surface area contributed by atoms with Crippen LogP contribution in [0.5, 0.6) is 0 Å². The maximum Gasteiger partial charge on any atom is 0.343 e. The van der Waals surface area contributed by atoms with Crippen molar-refractivity contribution >= 4 is 5.97 Å². The number of H-pyrrole nitrogens is 1. The Labute approximate surface area is 61.5 Å². The maximum absolute atomic E-state index is 10.8. The Morgan fingerprint density at radius 1 is 1.82 bits per heavy atom. The van der Waals surface area contributed by atoms with Crippen molar-refractivity contribution in [3.8, 4) is 0 Å². The van der Waals surface area contributed by atoms with Gasteiger partial charge in [-0.25, -0.2) is 9.48 Å². The molecule has 6 nitrogen and oxygen atoms in total. The highest BCUT2D eigenvalue weighted by molar-refractivity contribution is 5.66. The van der Waals surface area contributed by atoms with Crippen LogP contribution in [0.2, 0.25) is 0 Å². The summed E-state index contributed by atoms with van der Waals surface area (Å²) in [5, 5.41) is 11.9. The Balaban J connectivity index is 2.95. The molecular weight excluding hydrogens is 150 g/mol. The average Bonchev–Trinajstić information content (AvgIpc) is 2.09. The van der Waals surface area contributed by atoms with Crippen LogP contribution in [0.25, 0.3) is 0 Å². The Bertz CT molecular complexity index is 324. The molecule has 0 radical (unpaired) electrons. The molecule has 1 aromatic rings. The SMILES string of the molecule is Cc1nn(CC(=O)O)c(=O)[nH]1. The first-order chi connectivity index (χ1) is 5.09. The molecule has 0 aliphatic carbocycles. The molecule has 6 heteroatoms. The van der Waals surface area contributed by atoms with E-state index >= 15 is 0 Å². The van der Waals surface area contributed by atoms with Gasteiger partial charge in [0.25, 0.3) is 0 Å². The number of aromatic amines is 1. The molecule has 0 atom stereocenters. The molecule has 1 aromatic heterocycles. The molecule has 1 heterocycles. The minimum Gasteiger partial charge on any atom is -0.480 e. The summed E-state index contributed by atoms with van der Waals surface area (Å²) in [6, 6.07) is 0. The lowest BCUT2D eigenvalue weighted by atomic mass is 10.7. The Morgan fingerprint density at radius 2 is 2.45 bits per heavy atom. The van der Waals surface area contributed by atoms with Crippen LogP contribution < -0.4 is 5.69 Å². The fourth-order valence-electron chi connectivity index (χ4n) is 0.706. The first kappa shape index (κ1) is 7.52. The Morgan fingerprint density at radius 3 is 2.82 bits per heavy atom. The number of aromatic nitrogens is 3. The van der Waals surface area contributed by atoms with Crippen molar-refractivity contribution in [3.63, 3.8) is 0 Å². The number of nitrogens with zero attached hydrogens (tertiary/aromatic N) is 2. The van der Waals surface area contributed by atoms with Crippen LogP contribution in [0.3, 0.4) is 0 Å². The summed E-state index contributed by atoms with van der Waals surface area (Å²) in [6.07, 6.45) is 0. The van der Waals surface area contributed by atoms with Gasteiger partial charge in [0.2, 0.25) is 0 Å². The topological polar surface area (TPSA) is 88.0 Å². The standard InChI is InChI=1S/C5H7N3O3/c1-3-6-5(11)8(7-3)2-4(9)10/h2H2,1H3,(H,9,10)(H,6,7,11). The van der Waals surface area contributed by atoms with E-state index in [2.05, 4.69) is 10.1 Å². The molecule has 2 N–H and O–H groups in total. The van der Waals surface area contributed by atoms with Crippen molar-refractivity contribution in [2.75, 3.05) is 0 Å². The summed E-state index contributed by atoms with van der Waals surface area (Å²) in [7, 11) is 0. The molecule has 0 saturated heterocycles. The van der Waals surface area contributed by atoms with E-state index in [-0.39, 0.29) is 0 Å². The lowest BCUT2D eigenvalue weighted by Gasteiger charge is -1.89. The first-order valence-corrected chi connectivity index (χ1v) is 2.95. The fraction of sp³-hybridized carbons (Fsp3) is 0.400. The van der Waals surface area contributed by atoms with Gasteiger partial charge in [-0.2, -0.15) is 5.10 Å². The van der Waals surface area contributed by atoms with E-state index in [1.165, 1.54) is 0 Å². The van der Waals surface area contributed by atoms with E-state index in [1.54, 1.807) is 6.92 Å². The smallest absolute Gasteiger partial charge is 0.343 e. The number of hydrogen-bond donors (Lipinski definition) is 2. The molecule has 11 heavy (non-hydrogen) atoms. The molecule has 0 amide bonds. The monoisotopic (exact) mass is 157 g/mol. The second kappa shape index (κ2) is 2.57. The van der Waals surface area contributed by atoms with Crippen LogP contribution in [0.4, 0.5) is 0 Å². The van der Waals surface area contributed by atoms with Gasteiger partial charge in [0, 0.05) is 0 Å². The summed E-state index contributed by atoms with van der Waals surface area (Å²) in [5.41, 5.74) is -0.495. The van der Waals surface area contributed by atoms with Crippen LogP contribution in [0.1, 0.15) is 5.82 Å². The normalized spacial score (nSPS) is 9.91. The molecule has 0 aliphatic heterocycles. The summed E-state index contributed by atoms with van der Waals surface area (Å²) in [6.45, 7) is 1.18. The largest absolute Gasteiger partial charge is 0.480 e. The molecule has 0 aliphatic rings. The number of carboxylic acid groups (broad SMARTS) is 1. The highest BCUT2D eigenvalue weighted by Crippen LogP contribution is 1.79. The zero-order valence-corrected chi connectivity index (χ0v) is 5.87. The fourth-order valence-corrected chi connectivity index (χ4v) is 0.706. The number of hydrogen-bond acceptors (Lipinski definition) is 3. The maximum atomic E-state index is 10.8. The van der Waals surface area contributed by atoms with E-state index < -0.39 is 18.2 Å². The van der Waals surface area contributed by atoms with Gasteiger partial charge < -0.3 is 5.11 Å². The van der Waals surface area contributed by atoms with Crippen molar-refractivity contribution in [2.45, 2.75) is 13.5 Å². The van der Waals surface area contributed by atoms with Crippen molar-refractivity contribution < 1.29 is 9.90 Å². The average molecular weight is 157 g/mol. The van der Waals surface area contributed by atoms with E-state index in [0.29, 0.717) is 5.82 Å². The lowest BCUT2D eigenvalue weighted by Crippen LogP contribution is -2.22. The predicted molar refractivity (Wildman–Crippen MR) is 35.2 cm³/mol. The summed E-state index contributed by atoms with van der Waals surface area (Å²) in [4.78, 5) is 23.2. The van der Waals surface area contributed by atoms with Crippen LogP contribution in [-0.2, 0) is 11.3 Å². The van der Waals surface area contributed by atoms with Crippen molar-refractivity contribution in [2.24, 2.45) is 0 Å². The number of carboxylic acids is 1. The summed E-state index contributed by atoms with van der Waals surface area (Å²) in [5.74, 6) is -0.671. The second-order valence-corrected chi connectivity index (χ2v) is 2.07. The minimum atomic E-state index is -1.08. The summed E-state index contributed by atoms with van der Waals surface area (Å²) < 4.78 is 0.859. The molecule has 0 spiro atoms. The van der Waals surface area contributed by atoms with Gasteiger partial charge in [-0.1, -0.05) is 0 Å². The van der Waals surface area contributed by atoms with Gasteiger partial charge in [-0.15, -0.1) is 0 Å². The van der Waals surface area contributed by atoms with Crippen molar-refractivity contribution in [1.82, 2.24) is 14.8 Å². The molecule has 60 valence electrons. The predicted octanol–water partition coefficient (Wildman–Crippen LogP) is -1.04. The zero-order valence-electron chi connectivity index (χ0n) is 5.87. The van der Waals surface area contributed by atoms with E-state index in [0.717, 1.165) is 4.68 Å². The van der Waals surface area contributed by atoms with Crippen molar-refractivity contribution in [1.29, 1.82) is 0 Å². The van der Waals surface area contributed by atoms with Gasteiger partial charge in [0.05, 0.1) is 0 Å². The Hall–Kier alpha value is -1.59. The zero-order chi connectivity index (χ0) is 8.43. The molecule has 1 rings (SSSR count). The second-order valence-electron chi connectivity index (χ2n) is 2.07.